The van der Waals surface area contributed by atoms with E-state index in [1.54, 1.807) is 11.3 Å². The number of aryl methyl sites for hydroxylation is 1. The van der Waals surface area contributed by atoms with Crippen LogP contribution >= 0.6 is 11.3 Å². The number of nitrogens with one attached hydrogen (secondary N) is 1. The van der Waals surface area contributed by atoms with Crippen LogP contribution in [0.25, 0.3) is 10.2 Å². The Labute approximate surface area is 135 Å². The summed E-state index contributed by atoms with van der Waals surface area (Å²) in [6, 6.07) is 14.5. The van der Waals surface area contributed by atoms with Crippen LogP contribution in [0.15, 0.2) is 42.5 Å². The van der Waals surface area contributed by atoms with Crippen LogP contribution in [-0.2, 0) is 6.54 Å². The summed E-state index contributed by atoms with van der Waals surface area (Å²) in [5, 5.41) is 4.35. The SMILES string of the molecule is Cc1cc(OC(C)C)cc2sc(NCc3ccccc3)nc12. The molecule has 0 aliphatic carbocycles. The fourth-order valence-corrected chi connectivity index (χ4v) is 3.32. The molecule has 3 aromatic rings. The predicted molar refractivity (Wildman–Crippen MR) is 93.9 cm³/mol. The standard InChI is InChI=1S/C18H20N2OS/c1-12(2)21-15-9-13(3)17-16(10-15)22-18(20-17)19-11-14-7-5-4-6-8-14/h4-10,12H,11H2,1-3H3,(H,19,20). The maximum Gasteiger partial charge on any atom is 0.184 e. The van der Waals surface area contributed by atoms with E-state index in [2.05, 4.69) is 48.6 Å². The van der Waals surface area contributed by atoms with Crippen molar-refractivity contribution in [2.75, 3.05) is 5.32 Å². The largest absolute Gasteiger partial charge is 0.491 e. The highest BCUT2D eigenvalue weighted by Gasteiger charge is 2.09. The molecule has 22 heavy (non-hydrogen) atoms. The number of anilines is 1. The quantitative estimate of drug-likeness (QED) is 0.719. The minimum atomic E-state index is 0.181. The van der Waals surface area contributed by atoms with E-state index in [9.17, 15) is 0 Å². The Morgan fingerprint density at radius 1 is 1.18 bits per heavy atom. The van der Waals surface area contributed by atoms with E-state index < -0.39 is 0 Å². The Balaban J connectivity index is 1.81. The van der Waals surface area contributed by atoms with Gasteiger partial charge in [-0.1, -0.05) is 41.7 Å². The first-order valence-corrected chi connectivity index (χ1v) is 8.29. The van der Waals surface area contributed by atoms with E-state index in [-0.39, 0.29) is 6.10 Å². The summed E-state index contributed by atoms with van der Waals surface area (Å²) in [5.74, 6) is 0.915. The van der Waals surface area contributed by atoms with Gasteiger partial charge in [-0.3, -0.25) is 0 Å². The molecular weight excluding hydrogens is 292 g/mol. The predicted octanol–water partition coefficient (Wildman–Crippen LogP) is 5.00. The van der Waals surface area contributed by atoms with Crippen LogP contribution in [0, 0.1) is 6.92 Å². The van der Waals surface area contributed by atoms with Crippen LogP contribution in [0.3, 0.4) is 0 Å². The molecule has 0 bridgehead atoms. The molecule has 0 fully saturated rings. The molecule has 0 spiro atoms. The third kappa shape index (κ3) is 3.39. The molecule has 0 unspecified atom stereocenters. The molecule has 0 amide bonds. The Kier molecular flexibility index (Phi) is 4.29. The average molecular weight is 312 g/mol. The third-order valence-corrected chi connectivity index (χ3v) is 4.28. The number of nitrogens with zero attached hydrogens (tertiary/aromatic N) is 1. The number of aromatic nitrogens is 1. The van der Waals surface area contributed by atoms with Gasteiger partial charge in [-0.25, -0.2) is 4.98 Å². The molecule has 1 aromatic heterocycles. The zero-order chi connectivity index (χ0) is 15.5. The topological polar surface area (TPSA) is 34.1 Å². The first kappa shape index (κ1) is 14.9. The zero-order valence-corrected chi connectivity index (χ0v) is 13.9. The molecule has 0 saturated heterocycles. The van der Waals surface area contributed by atoms with Crippen LogP contribution in [0.4, 0.5) is 5.13 Å². The van der Waals surface area contributed by atoms with Crippen molar-refractivity contribution >= 4 is 26.7 Å². The fraction of sp³-hybridized carbons (Fsp3) is 0.278. The molecule has 0 aliphatic rings. The summed E-state index contributed by atoms with van der Waals surface area (Å²) in [6.07, 6.45) is 0.181. The number of benzene rings is 2. The smallest absolute Gasteiger partial charge is 0.184 e. The normalized spacial score (nSPS) is 11.1. The lowest BCUT2D eigenvalue weighted by molar-refractivity contribution is 0.242. The second kappa shape index (κ2) is 6.36. The Morgan fingerprint density at radius 3 is 2.68 bits per heavy atom. The highest BCUT2D eigenvalue weighted by Crippen LogP contribution is 2.32. The molecule has 0 radical (unpaired) electrons. The monoisotopic (exact) mass is 312 g/mol. The van der Waals surface area contributed by atoms with Crippen LogP contribution in [0.1, 0.15) is 25.0 Å². The van der Waals surface area contributed by atoms with Gasteiger partial charge in [-0.05, 0) is 44.0 Å². The van der Waals surface area contributed by atoms with E-state index in [0.717, 1.165) is 33.2 Å². The van der Waals surface area contributed by atoms with E-state index in [4.69, 9.17) is 9.72 Å². The van der Waals surface area contributed by atoms with E-state index in [0.29, 0.717) is 0 Å². The molecule has 1 N–H and O–H groups in total. The van der Waals surface area contributed by atoms with E-state index in [1.807, 2.05) is 19.9 Å². The van der Waals surface area contributed by atoms with Gasteiger partial charge in [-0.2, -0.15) is 0 Å². The lowest BCUT2D eigenvalue weighted by atomic mass is 10.2. The van der Waals surface area contributed by atoms with Crippen molar-refractivity contribution in [3.63, 3.8) is 0 Å². The molecule has 114 valence electrons. The second-order valence-corrected chi connectivity index (χ2v) is 6.64. The minimum Gasteiger partial charge on any atom is -0.491 e. The highest BCUT2D eigenvalue weighted by atomic mass is 32.1. The number of hydrogen-bond acceptors (Lipinski definition) is 4. The lowest BCUT2D eigenvalue weighted by Crippen LogP contribution is -2.05. The first-order valence-electron chi connectivity index (χ1n) is 7.47. The van der Waals surface area contributed by atoms with Gasteiger partial charge < -0.3 is 10.1 Å². The Morgan fingerprint density at radius 2 is 1.95 bits per heavy atom. The van der Waals surface area contributed by atoms with Gasteiger partial charge >= 0.3 is 0 Å². The van der Waals surface area contributed by atoms with Crippen LogP contribution in [-0.4, -0.2) is 11.1 Å². The fourth-order valence-electron chi connectivity index (χ4n) is 2.35. The van der Waals surface area contributed by atoms with E-state index >= 15 is 0 Å². The van der Waals surface area contributed by atoms with Gasteiger partial charge in [0.1, 0.15) is 5.75 Å². The van der Waals surface area contributed by atoms with Crippen molar-refractivity contribution in [1.29, 1.82) is 0 Å². The number of thiazole rings is 1. The van der Waals surface area contributed by atoms with Crippen molar-refractivity contribution < 1.29 is 4.74 Å². The lowest BCUT2D eigenvalue weighted by Gasteiger charge is -2.10. The molecule has 1 heterocycles. The molecule has 3 nitrogen and oxygen atoms in total. The maximum absolute atomic E-state index is 5.80. The summed E-state index contributed by atoms with van der Waals surface area (Å²) >= 11 is 1.67. The molecule has 0 aliphatic heterocycles. The van der Waals surface area contributed by atoms with Gasteiger partial charge in [-0.15, -0.1) is 0 Å². The molecule has 3 rings (SSSR count). The van der Waals surface area contributed by atoms with Crippen molar-refractivity contribution in [2.45, 2.75) is 33.4 Å². The first-order chi connectivity index (χ1) is 10.6. The molecule has 0 saturated carbocycles. The van der Waals surface area contributed by atoms with E-state index in [1.165, 1.54) is 5.56 Å². The van der Waals surface area contributed by atoms with Gasteiger partial charge in [0.05, 0.1) is 16.3 Å². The number of rotatable bonds is 5. The summed E-state index contributed by atoms with van der Waals surface area (Å²) < 4.78 is 6.96. The van der Waals surface area contributed by atoms with Crippen LogP contribution in [0.2, 0.25) is 0 Å². The van der Waals surface area contributed by atoms with Gasteiger partial charge in [0.15, 0.2) is 5.13 Å². The zero-order valence-electron chi connectivity index (χ0n) is 13.1. The number of ether oxygens (including phenoxy) is 1. The molecular formula is C18H20N2OS. The van der Waals surface area contributed by atoms with Crippen molar-refractivity contribution in [2.24, 2.45) is 0 Å². The van der Waals surface area contributed by atoms with Crippen molar-refractivity contribution in [3.05, 3.63) is 53.6 Å². The Bertz CT molecular complexity index is 765. The third-order valence-electron chi connectivity index (χ3n) is 3.32. The number of fused-ring (bicyclic) bond motifs is 1. The molecule has 4 heteroatoms. The summed E-state index contributed by atoms with van der Waals surface area (Å²) in [5.41, 5.74) is 3.45. The average Bonchev–Trinajstić information content (AvgIpc) is 2.89. The summed E-state index contributed by atoms with van der Waals surface area (Å²) in [6.45, 7) is 6.95. The van der Waals surface area contributed by atoms with Gasteiger partial charge in [0.25, 0.3) is 0 Å². The van der Waals surface area contributed by atoms with Gasteiger partial charge in [0, 0.05) is 6.54 Å². The molecule has 0 atom stereocenters. The summed E-state index contributed by atoms with van der Waals surface area (Å²) in [7, 11) is 0. The van der Waals surface area contributed by atoms with Crippen LogP contribution < -0.4 is 10.1 Å². The maximum atomic E-state index is 5.80. The number of hydrogen-bond donors (Lipinski definition) is 1. The molecule has 2 aromatic carbocycles. The van der Waals surface area contributed by atoms with Crippen molar-refractivity contribution in [3.8, 4) is 5.75 Å². The van der Waals surface area contributed by atoms with Gasteiger partial charge in [0.2, 0.25) is 0 Å². The second-order valence-electron chi connectivity index (χ2n) is 5.61. The minimum absolute atomic E-state index is 0.181. The van der Waals surface area contributed by atoms with Crippen molar-refractivity contribution in [1.82, 2.24) is 4.98 Å². The highest BCUT2D eigenvalue weighted by molar-refractivity contribution is 7.22. The van der Waals surface area contributed by atoms with Crippen LogP contribution in [0.5, 0.6) is 5.75 Å². The Hall–Kier alpha value is -2.07. The summed E-state index contributed by atoms with van der Waals surface area (Å²) in [4.78, 5) is 4.70.